The minimum Gasteiger partial charge on any atom is -0.458 e. The first kappa shape index (κ1) is 24.6. The Bertz CT molecular complexity index is 880. The SMILES string of the molecule is COC[C@]12CCC(=O)C=C1C[C@@H](SC(C)=O)[C@@H]1[C@@H]2CC[C@]2(C)[C@@H](C(=O)COC(C)=O)CC[C@@H]12. The highest BCUT2D eigenvalue weighted by molar-refractivity contribution is 8.14. The molecule has 0 aliphatic heterocycles. The summed E-state index contributed by atoms with van der Waals surface area (Å²) in [6.07, 6.45) is 7.58. The lowest BCUT2D eigenvalue weighted by atomic mass is 9.46. The maximum atomic E-state index is 13.1. The van der Waals surface area contributed by atoms with Crippen molar-refractivity contribution in [3.05, 3.63) is 11.6 Å². The first-order chi connectivity index (χ1) is 15.6. The Kier molecular flexibility index (Phi) is 6.94. The van der Waals surface area contributed by atoms with Gasteiger partial charge >= 0.3 is 5.97 Å². The lowest BCUT2D eigenvalue weighted by Gasteiger charge is -2.60. The molecule has 3 saturated carbocycles. The van der Waals surface area contributed by atoms with E-state index in [-0.39, 0.29) is 45.3 Å². The fraction of sp³-hybridized carbons (Fsp3) is 0.769. The minimum absolute atomic E-state index is 0.0238. The number of thioether (sulfide) groups is 1. The van der Waals surface area contributed by atoms with Gasteiger partial charge in [-0.3, -0.25) is 19.2 Å². The first-order valence-electron chi connectivity index (χ1n) is 12.2. The number of esters is 1. The molecule has 7 heteroatoms. The molecule has 7 atom stereocenters. The zero-order valence-corrected chi connectivity index (χ0v) is 21.0. The summed E-state index contributed by atoms with van der Waals surface area (Å²) in [4.78, 5) is 48.9. The number of hydrogen-bond donors (Lipinski definition) is 0. The molecule has 6 nitrogen and oxygen atoms in total. The molecule has 4 aliphatic carbocycles. The smallest absolute Gasteiger partial charge is 0.303 e. The average molecular weight is 477 g/mol. The molecule has 0 N–H and O–H groups in total. The van der Waals surface area contributed by atoms with E-state index in [1.165, 1.54) is 24.3 Å². The summed E-state index contributed by atoms with van der Waals surface area (Å²) in [6, 6.07) is 0. The van der Waals surface area contributed by atoms with Crippen LogP contribution < -0.4 is 0 Å². The molecule has 0 aromatic rings. The van der Waals surface area contributed by atoms with E-state index in [4.69, 9.17) is 9.47 Å². The second-order valence-electron chi connectivity index (χ2n) is 10.8. The predicted molar refractivity (Wildman–Crippen MR) is 125 cm³/mol. The van der Waals surface area contributed by atoms with Crippen LogP contribution in [0.5, 0.6) is 0 Å². The molecule has 0 aromatic carbocycles. The van der Waals surface area contributed by atoms with Crippen LogP contribution in [0.2, 0.25) is 0 Å². The van der Waals surface area contributed by atoms with Gasteiger partial charge in [0.15, 0.2) is 16.7 Å². The van der Waals surface area contributed by atoms with Gasteiger partial charge in [-0.25, -0.2) is 0 Å². The van der Waals surface area contributed by atoms with Crippen LogP contribution in [-0.2, 0) is 28.7 Å². The monoisotopic (exact) mass is 476 g/mol. The zero-order valence-electron chi connectivity index (χ0n) is 20.2. The maximum absolute atomic E-state index is 13.1. The Morgan fingerprint density at radius 3 is 2.55 bits per heavy atom. The van der Waals surface area contributed by atoms with Gasteiger partial charge in [0.25, 0.3) is 0 Å². The first-order valence-corrected chi connectivity index (χ1v) is 13.1. The Morgan fingerprint density at radius 2 is 1.88 bits per heavy atom. The number of ether oxygens (including phenoxy) is 2. The number of fused-ring (bicyclic) bond motifs is 5. The van der Waals surface area contributed by atoms with E-state index in [1.54, 1.807) is 14.0 Å². The van der Waals surface area contributed by atoms with Gasteiger partial charge in [-0.1, -0.05) is 24.3 Å². The van der Waals surface area contributed by atoms with Crippen LogP contribution in [0.3, 0.4) is 0 Å². The Balaban J connectivity index is 1.70. The summed E-state index contributed by atoms with van der Waals surface area (Å²) in [6.45, 7) is 5.65. The maximum Gasteiger partial charge on any atom is 0.303 e. The molecule has 3 fully saturated rings. The highest BCUT2D eigenvalue weighted by atomic mass is 32.2. The van der Waals surface area contributed by atoms with E-state index in [1.807, 2.05) is 6.08 Å². The van der Waals surface area contributed by atoms with Crippen molar-refractivity contribution in [3.8, 4) is 0 Å². The zero-order chi connectivity index (χ0) is 24.0. The number of carbonyl (C=O) groups excluding carboxylic acids is 4. The topological polar surface area (TPSA) is 86.7 Å². The van der Waals surface area contributed by atoms with Crippen LogP contribution in [-0.4, -0.2) is 48.2 Å². The Hall–Kier alpha value is -1.47. The standard InChI is InChI=1S/C26H36O6S/c1-15(27)32-13-22(30)19-5-6-20-24-21(8-9-25(19,20)3)26(14-31-4)10-7-18(29)11-17(26)12-23(24)33-16(2)28/h11,19-21,23-24H,5-10,12-14H2,1-4H3/t19-,20+,21+,23-,24+,25-,26-/m1/s1. The van der Waals surface area contributed by atoms with E-state index in [0.717, 1.165) is 38.5 Å². The lowest BCUT2D eigenvalue weighted by Crippen LogP contribution is -2.57. The number of methoxy groups -OCH3 is 1. The van der Waals surface area contributed by atoms with Crippen LogP contribution >= 0.6 is 11.8 Å². The van der Waals surface area contributed by atoms with Gasteiger partial charge in [0.2, 0.25) is 0 Å². The van der Waals surface area contributed by atoms with Crippen molar-refractivity contribution in [2.75, 3.05) is 20.3 Å². The molecule has 0 radical (unpaired) electrons. The van der Waals surface area contributed by atoms with Crippen LogP contribution in [0.15, 0.2) is 11.6 Å². The summed E-state index contributed by atoms with van der Waals surface area (Å²) in [7, 11) is 1.74. The molecule has 33 heavy (non-hydrogen) atoms. The van der Waals surface area contributed by atoms with Crippen LogP contribution in [0.25, 0.3) is 0 Å². The second kappa shape index (κ2) is 9.29. The fourth-order valence-electron chi connectivity index (χ4n) is 7.98. The largest absolute Gasteiger partial charge is 0.458 e. The molecule has 4 aliphatic rings. The van der Waals surface area contributed by atoms with Crippen LogP contribution in [0.4, 0.5) is 0 Å². The molecule has 4 rings (SSSR count). The molecule has 0 bridgehead atoms. The summed E-state index contributed by atoms with van der Waals surface area (Å²) >= 11 is 1.42. The van der Waals surface area contributed by atoms with Gasteiger partial charge in [0.05, 0.1) is 6.61 Å². The van der Waals surface area contributed by atoms with Crippen molar-refractivity contribution in [3.63, 3.8) is 0 Å². The number of carbonyl (C=O) groups is 4. The number of rotatable bonds is 6. The third-order valence-corrected chi connectivity index (χ3v) is 10.3. The van der Waals surface area contributed by atoms with E-state index in [0.29, 0.717) is 30.8 Å². The van der Waals surface area contributed by atoms with Gasteiger partial charge in [0, 0.05) is 44.0 Å². The molecule has 0 amide bonds. The molecule has 182 valence electrons. The quantitative estimate of drug-likeness (QED) is 0.532. The minimum atomic E-state index is -0.426. The number of ketones is 2. The van der Waals surface area contributed by atoms with Crippen LogP contribution in [0.1, 0.15) is 65.7 Å². The van der Waals surface area contributed by atoms with Crippen molar-refractivity contribution in [2.24, 2.45) is 34.5 Å². The van der Waals surface area contributed by atoms with Gasteiger partial charge in [-0.05, 0) is 67.8 Å². The molecule has 0 unspecified atom stereocenters. The van der Waals surface area contributed by atoms with E-state index >= 15 is 0 Å². The van der Waals surface area contributed by atoms with Crippen molar-refractivity contribution in [1.82, 2.24) is 0 Å². The summed E-state index contributed by atoms with van der Waals surface area (Å²) in [5.74, 6) is 0.619. The van der Waals surface area contributed by atoms with E-state index < -0.39 is 5.97 Å². The molecular formula is C26H36O6S. The van der Waals surface area contributed by atoms with Gasteiger partial charge in [-0.2, -0.15) is 0 Å². The van der Waals surface area contributed by atoms with Gasteiger partial charge in [0.1, 0.15) is 6.61 Å². The van der Waals surface area contributed by atoms with Crippen molar-refractivity contribution >= 4 is 34.4 Å². The highest BCUT2D eigenvalue weighted by Gasteiger charge is 2.63. The van der Waals surface area contributed by atoms with Crippen molar-refractivity contribution in [2.45, 2.75) is 71.0 Å². The third kappa shape index (κ3) is 4.24. The van der Waals surface area contributed by atoms with E-state index in [9.17, 15) is 19.2 Å². The number of hydrogen-bond acceptors (Lipinski definition) is 7. The Morgan fingerprint density at radius 1 is 1.12 bits per heavy atom. The molecule has 0 heterocycles. The fourth-order valence-corrected chi connectivity index (χ4v) is 9.20. The average Bonchev–Trinajstić information content (AvgIpc) is 3.09. The summed E-state index contributed by atoms with van der Waals surface area (Å²) < 4.78 is 10.8. The molecule has 0 aromatic heterocycles. The highest BCUT2D eigenvalue weighted by Crippen LogP contribution is 2.68. The molecule has 0 spiro atoms. The van der Waals surface area contributed by atoms with E-state index in [2.05, 4.69) is 6.92 Å². The normalized spacial score (nSPS) is 39.7. The Labute approximate surface area is 200 Å². The molecular weight excluding hydrogens is 440 g/mol. The summed E-state index contributed by atoms with van der Waals surface area (Å²) in [5, 5.41) is 0.218. The van der Waals surface area contributed by atoms with Gasteiger partial charge in [-0.15, -0.1) is 0 Å². The number of Topliss-reactive ketones (excluding diaryl/α,β-unsaturated/α-hetero) is 1. The molecule has 0 saturated heterocycles. The lowest BCUT2D eigenvalue weighted by molar-refractivity contribution is -0.149. The second-order valence-corrected chi connectivity index (χ2v) is 12.2. The van der Waals surface area contributed by atoms with Crippen LogP contribution in [0, 0.1) is 34.5 Å². The predicted octanol–water partition coefficient (Wildman–Crippen LogP) is 4.15. The van der Waals surface area contributed by atoms with Crippen molar-refractivity contribution < 1.29 is 28.7 Å². The third-order valence-electron chi connectivity index (χ3n) is 9.21. The summed E-state index contributed by atoms with van der Waals surface area (Å²) in [5.41, 5.74) is 0.862. The van der Waals surface area contributed by atoms with Gasteiger partial charge < -0.3 is 9.47 Å². The van der Waals surface area contributed by atoms with Crippen molar-refractivity contribution in [1.29, 1.82) is 0 Å².